The molecular weight excluding hydrogens is 316 g/mol. The summed E-state index contributed by atoms with van der Waals surface area (Å²) in [6, 6.07) is 5.63. The van der Waals surface area contributed by atoms with Gasteiger partial charge in [0.15, 0.2) is 5.82 Å². The van der Waals surface area contributed by atoms with E-state index in [2.05, 4.69) is 25.6 Å². The maximum atomic E-state index is 12.2. The summed E-state index contributed by atoms with van der Waals surface area (Å²) in [6.45, 7) is 9.93. The molecule has 0 saturated carbocycles. The molecule has 7 nitrogen and oxygen atoms in total. The highest BCUT2D eigenvalue weighted by Gasteiger charge is 2.10. The third kappa shape index (κ3) is 4.64. The molecule has 1 amide bonds. The fourth-order valence-corrected chi connectivity index (χ4v) is 3.05. The topological polar surface area (TPSA) is 75.1 Å². The van der Waals surface area contributed by atoms with Gasteiger partial charge in [-0.15, -0.1) is 0 Å². The lowest BCUT2D eigenvalue weighted by molar-refractivity contribution is 0.0951. The summed E-state index contributed by atoms with van der Waals surface area (Å²) in [4.78, 5) is 19.0. The monoisotopic (exact) mass is 342 g/mol. The Morgan fingerprint density at radius 3 is 2.72 bits per heavy atom. The average Bonchev–Trinajstić information content (AvgIpc) is 2.98. The van der Waals surface area contributed by atoms with Gasteiger partial charge in [-0.3, -0.25) is 4.79 Å². The van der Waals surface area contributed by atoms with Crippen LogP contribution in [0, 0.1) is 13.8 Å². The Kier molecular flexibility index (Phi) is 5.78. The molecule has 3 heterocycles. The van der Waals surface area contributed by atoms with E-state index in [1.165, 1.54) is 0 Å². The number of piperazine rings is 1. The van der Waals surface area contributed by atoms with Crippen LogP contribution in [0.5, 0.6) is 0 Å². The summed E-state index contributed by atoms with van der Waals surface area (Å²) in [5, 5.41) is 10.7. The molecule has 1 fully saturated rings. The first-order valence-corrected chi connectivity index (χ1v) is 8.84. The molecule has 0 atom stereocenters. The number of hydrogen-bond acceptors (Lipinski definition) is 5. The van der Waals surface area contributed by atoms with Gasteiger partial charge in [-0.05, 0) is 45.0 Å². The van der Waals surface area contributed by atoms with Crippen LogP contribution in [-0.2, 0) is 0 Å². The van der Waals surface area contributed by atoms with Gasteiger partial charge >= 0.3 is 0 Å². The number of rotatable bonds is 6. The maximum absolute atomic E-state index is 12.2. The van der Waals surface area contributed by atoms with E-state index in [-0.39, 0.29) is 5.91 Å². The molecule has 1 saturated heterocycles. The number of aromatic nitrogens is 3. The number of nitrogens with one attached hydrogen (secondary N) is 2. The lowest BCUT2D eigenvalue weighted by atomic mass is 10.2. The number of hydrogen-bond donors (Lipinski definition) is 2. The quantitative estimate of drug-likeness (QED) is 0.763. The van der Waals surface area contributed by atoms with Crippen LogP contribution in [0.4, 0.5) is 0 Å². The fourth-order valence-electron chi connectivity index (χ4n) is 3.05. The van der Waals surface area contributed by atoms with Gasteiger partial charge in [0.05, 0.1) is 11.3 Å². The van der Waals surface area contributed by atoms with E-state index in [9.17, 15) is 4.79 Å². The van der Waals surface area contributed by atoms with Crippen molar-refractivity contribution in [2.24, 2.45) is 0 Å². The van der Waals surface area contributed by atoms with E-state index < -0.39 is 0 Å². The minimum absolute atomic E-state index is 0.0762. The van der Waals surface area contributed by atoms with E-state index >= 15 is 0 Å². The van der Waals surface area contributed by atoms with Crippen LogP contribution in [0.15, 0.2) is 24.4 Å². The molecule has 0 radical (unpaired) electrons. The molecule has 3 rings (SSSR count). The van der Waals surface area contributed by atoms with Crippen LogP contribution in [0.2, 0.25) is 0 Å². The van der Waals surface area contributed by atoms with E-state index in [1.807, 2.05) is 26.0 Å². The largest absolute Gasteiger partial charge is 0.352 e. The third-order valence-corrected chi connectivity index (χ3v) is 4.38. The van der Waals surface area contributed by atoms with Gasteiger partial charge in [0.2, 0.25) is 0 Å². The Morgan fingerprint density at radius 2 is 2.08 bits per heavy atom. The SMILES string of the molecule is Cc1cc(C)n(-c2ccc(C(=O)NCCCN3CCNCC3)cn2)n1. The van der Waals surface area contributed by atoms with Gasteiger partial charge in [-0.1, -0.05) is 0 Å². The van der Waals surface area contributed by atoms with Crippen molar-refractivity contribution in [3.63, 3.8) is 0 Å². The number of aryl methyl sites for hydroxylation is 2. The summed E-state index contributed by atoms with van der Waals surface area (Å²) < 4.78 is 1.78. The van der Waals surface area contributed by atoms with Gasteiger partial charge in [0, 0.05) is 44.6 Å². The van der Waals surface area contributed by atoms with Gasteiger partial charge in [-0.25, -0.2) is 9.67 Å². The lowest BCUT2D eigenvalue weighted by Crippen LogP contribution is -2.44. The summed E-state index contributed by atoms with van der Waals surface area (Å²) in [7, 11) is 0. The zero-order chi connectivity index (χ0) is 17.6. The molecule has 0 aromatic carbocycles. The Bertz CT molecular complexity index is 703. The summed E-state index contributed by atoms with van der Waals surface area (Å²) >= 11 is 0. The predicted molar refractivity (Wildman–Crippen MR) is 97.1 cm³/mol. The van der Waals surface area contributed by atoms with Crippen molar-refractivity contribution in [1.29, 1.82) is 0 Å². The number of carbonyl (C=O) groups excluding carboxylic acids is 1. The first-order chi connectivity index (χ1) is 12.1. The molecule has 0 unspecified atom stereocenters. The molecule has 0 aliphatic carbocycles. The molecule has 0 spiro atoms. The standard InChI is InChI=1S/C18H26N6O/c1-14-12-15(2)24(22-14)17-5-4-16(13-21-17)18(25)20-6-3-9-23-10-7-19-8-11-23/h4-5,12-13,19H,3,6-11H2,1-2H3,(H,20,25). The van der Waals surface area contributed by atoms with Crippen molar-refractivity contribution in [1.82, 2.24) is 30.3 Å². The van der Waals surface area contributed by atoms with Crippen LogP contribution < -0.4 is 10.6 Å². The maximum Gasteiger partial charge on any atom is 0.252 e. The number of nitrogens with zero attached hydrogens (tertiary/aromatic N) is 4. The number of amides is 1. The Labute approximate surface area is 148 Å². The van der Waals surface area contributed by atoms with Crippen molar-refractivity contribution in [2.75, 3.05) is 39.3 Å². The highest BCUT2D eigenvalue weighted by Crippen LogP contribution is 2.10. The zero-order valence-corrected chi connectivity index (χ0v) is 15.0. The number of pyridine rings is 1. The molecule has 7 heteroatoms. The molecule has 2 aromatic rings. The van der Waals surface area contributed by atoms with Crippen LogP contribution in [-0.4, -0.2) is 64.8 Å². The molecular formula is C18H26N6O. The highest BCUT2D eigenvalue weighted by atomic mass is 16.1. The zero-order valence-electron chi connectivity index (χ0n) is 15.0. The first kappa shape index (κ1) is 17.6. The van der Waals surface area contributed by atoms with E-state index in [1.54, 1.807) is 16.9 Å². The second-order valence-electron chi connectivity index (χ2n) is 6.45. The molecule has 2 N–H and O–H groups in total. The average molecular weight is 342 g/mol. The number of carbonyl (C=O) groups is 1. The second-order valence-corrected chi connectivity index (χ2v) is 6.45. The lowest BCUT2D eigenvalue weighted by Gasteiger charge is -2.27. The second kappa shape index (κ2) is 8.22. The molecule has 1 aliphatic rings. The van der Waals surface area contributed by atoms with Crippen LogP contribution >= 0.6 is 0 Å². The molecule has 2 aromatic heterocycles. The smallest absolute Gasteiger partial charge is 0.252 e. The van der Waals surface area contributed by atoms with Gasteiger partial charge < -0.3 is 15.5 Å². The minimum atomic E-state index is -0.0762. The predicted octanol–water partition coefficient (Wildman–Crippen LogP) is 0.909. The first-order valence-electron chi connectivity index (χ1n) is 8.84. The van der Waals surface area contributed by atoms with E-state index in [0.717, 1.165) is 56.4 Å². The Morgan fingerprint density at radius 1 is 1.28 bits per heavy atom. The Hall–Kier alpha value is -2.25. The van der Waals surface area contributed by atoms with Crippen LogP contribution in [0.3, 0.4) is 0 Å². The van der Waals surface area contributed by atoms with E-state index in [4.69, 9.17) is 0 Å². The molecule has 134 valence electrons. The molecule has 1 aliphatic heterocycles. The molecule has 0 bridgehead atoms. The van der Waals surface area contributed by atoms with Gasteiger partial charge in [0.1, 0.15) is 0 Å². The van der Waals surface area contributed by atoms with Crippen molar-refractivity contribution < 1.29 is 4.79 Å². The van der Waals surface area contributed by atoms with E-state index in [0.29, 0.717) is 12.1 Å². The van der Waals surface area contributed by atoms with Crippen molar-refractivity contribution in [2.45, 2.75) is 20.3 Å². The van der Waals surface area contributed by atoms with Gasteiger partial charge in [0.25, 0.3) is 5.91 Å². The van der Waals surface area contributed by atoms with Gasteiger partial charge in [-0.2, -0.15) is 5.10 Å². The minimum Gasteiger partial charge on any atom is -0.352 e. The normalized spacial score (nSPS) is 15.3. The fraction of sp³-hybridized carbons (Fsp3) is 0.500. The highest BCUT2D eigenvalue weighted by molar-refractivity contribution is 5.93. The summed E-state index contributed by atoms with van der Waals surface area (Å²) in [5.74, 6) is 0.647. The van der Waals surface area contributed by atoms with Crippen LogP contribution in [0.1, 0.15) is 28.2 Å². The summed E-state index contributed by atoms with van der Waals surface area (Å²) in [5.41, 5.74) is 2.55. The van der Waals surface area contributed by atoms with Crippen molar-refractivity contribution in [3.8, 4) is 5.82 Å². The van der Waals surface area contributed by atoms with Crippen molar-refractivity contribution in [3.05, 3.63) is 41.3 Å². The van der Waals surface area contributed by atoms with Crippen molar-refractivity contribution >= 4 is 5.91 Å². The Balaban J connectivity index is 1.48. The molecule has 25 heavy (non-hydrogen) atoms. The van der Waals surface area contributed by atoms with Crippen LogP contribution in [0.25, 0.3) is 5.82 Å². The third-order valence-electron chi connectivity index (χ3n) is 4.38. The summed E-state index contributed by atoms with van der Waals surface area (Å²) in [6.07, 6.45) is 2.57.